The lowest BCUT2D eigenvalue weighted by Crippen LogP contribution is -2.32. The highest BCUT2D eigenvalue weighted by Gasteiger charge is 2.18. The van der Waals surface area contributed by atoms with Crippen LogP contribution in [0, 0.1) is 17.6 Å². The maximum Gasteiger partial charge on any atom is 0.245 e. The van der Waals surface area contributed by atoms with E-state index in [9.17, 15) is 18.4 Å². The van der Waals surface area contributed by atoms with E-state index in [1.165, 1.54) is 12.2 Å². The summed E-state index contributed by atoms with van der Waals surface area (Å²) < 4.78 is 40.8. The standard InChI is InChI=1S/C28H33FN6O2.C27H33FN6O2/c1-4-26(36)35(3)18-20-8-10-22(11-9-20)31-27-25(29)17-30-28(33-27)32-23-6-5-7-24(16-23)37-19-21-12-14-34(2)15-13-21;1-5-25(35)33(4)19-20-11-13-21(14-12-20)30-26-24(28)18-29-27(32-26)31-22-9-8-10-23(17-22)36-16-15-34(6-2)7-3/h4-11,16-17,21H,1,12-15,18-19H2,2-3H3,(H2,30,31,32,33);5,8-14,17-18H,1,6-7,15-16,19H2,2-4H3,(H2,29,30,31,32). The minimum Gasteiger partial charge on any atom is -0.493 e. The summed E-state index contributed by atoms with van der Waals surface area (Å²) in [5.74, 6) is 1.22. The summed E-state index contributed by atoms with van der Waals surface area (Å²) in [4.78, 5) is 47.8. The highest BCUT2D eigenvalue weighted by Crippen LogP contribution is 2.26. The molecule has 3 heterocycles. The zero-order valence-electron chi connectivity index (χ0n) is 42.3. The number of anilines is 8. The molecular weight excluding hydrogens is 931 g/mol. The Morgan fingerprint density at radius 2 is 1.12 bits per heavy atom. The Morgan fingerprint density at radius 1 is 0.671 bits per heavy atom. The van der Waals surface area contributed by atoms with E-state index in [0.717, 1.165) is 92.0 Å². The van der Waals surface area contributed by atoms with E-state index in [0.29, 0.717) is 43.6 Å². The van der Waals surface area contributed by atoms with Gasteiger partial charge in [-0.05, 0) is 124 Å². The summed E-state index contributed by atoms with van der Waals surface area (Å²) in [5, 5.41) is 12.2. The molecule has 384 valence electrons. The molecule has 0 aliphatic carbocycles. The van der Waals surface area contributed by atoms with Crippen molar-refractivity contribution in [1.82, 2.24) is 39.5 Å². The third-order valence-corrected chi connectivity index (χ3v) is 11.9. The van der Waals surface area contributed by atoms with Gasteiger partial charge in [0.15, 0.2) is 23.3 Å². The maximum absolute atomic E-state index is 14.4. The van der Waals surface area contributed by atoms with Gasteiger partial charge in [-0.1, -0.05) is 63.4 Å². The minimum atomic E-state index is -0.575. The monoisotopic (exact) mass is 997 g/mol. The third kappa shape index (κ3) is 17.4. The zero-order chi connectivity index (χ0) is 52.1. The summed E-state index contributed by atoms with van der Waals surface area (Å²) in [6.45, 7) is 18.4. The fraction of sp³-hybridized carbons (Fsp3) is 0.309. The normalized spacial score (nSPS) is 12.4. The largest absolute Gasteiger partial charge is 0.493 e. The van der Waals surface area contributed by atoms with Crippen LogP contribution in [-0.4, -0.2) is 118 Å². The van der Waals surface area contributed by atoms with E-state index in [2.05, 4.69) is 85.1 Å². The first kappa shape index (κ1) is 54.4. The van der Waals surface area contributed by atoms with Gasteiger partial charge in [-0.25, -0.2) is 18.7 Å². The Balaban J connectivity index is 0.000000238. The molecule has 2 amide bonds. The number of nitrogens with zero attached hydrogens (tertiary/aromatic N) is 8. The molecule has 0 radical (unpaired) electrons. The number of piperidine rings is 1. The molecule has 0 spiro atoms. The molecule has 1 aliphatic rings. The van der Waals surface area contributed by atoms with Crippen LogP contribution in [0.4, 0.5) is 55.1 Å². The molecule has 2 aromatic heterocycles. The molecule has 1 fully saturated rings. The second-order valence-electron chi connectivity index (χ2n) is 17.5. The van der Waals surface area contributed by atoms with E-state index < -0.39 is 11.6 Å². The Hall–Kier alpha value is -7.96. The zero-order valence-corrected chi connectivity index (χ0v) is 42.3. The highest BCUT2D eigenvalue weighted by atomic mass is 19.1. The van der Waals surface area contributed by atoms with E-state index in [4.69, 9.17) is 9.47 Å². The third-order valence-electron chi connectivity index (χ3n) is 11.9. The molecular formula is C55H66F2N12O4. The van der Waals surface area contributed by atoms with Crippen molar-refractivity contribution in [2.24, 2.45) is 5.92 Å². The molecule has 0 atom stereocenters. The SMILES string of the molecule is C=CC(=O)N(C)Cc1ccc(Nc2nc(Nc3cccc(OCC4CCN(C)CC4)c3)ncc2F)cc1.C=CC(=O)N(C)Cc1ccc(Nc2nc(Nc3cccc(OCCN(CC)CC)c3)ncc2F)cc1. The number of rotatable bonds is 23. The van der Waals surface area contributed by atoms with Gasteiger partial charge in [0.25, 0.3) is 0 Å². The first-order valence-corrected chi connectivity index (χ1v) is 24.2. The Kier molecular flexibility index (Phi) is 20.6. The van der Waals surface area contributed by atoms with Crippen LogP contribution < -0.4 is 30.7 Å². The maximum atomic E-state index is 14.4. The minimum absolute atomic E-state index is 0.0471. The number of amides is 2. The van der Waals surface area contributed by atoms with Crippen LogP contribution in [0.5, 0.6) is 11.5 Å². The number of likely N-dealkylation sites (N-methyl/N-ethyl adjacent to an activating group) is 3. The second kappa shape index (κ2) is 27.6. The van der Waals surface area contributed by atoms with Crippen molar-refractivity contribution >= 4 is 58.1 Å². The number of benzene rings is 4. The summed E-state index contributed by atoms with van der Waals surface area (Å²) in [7, 11) is 5.56. The van der Waals surface area contributed by atoms with Crippen LogP contribution in [0.3, 0.4) is 0 Å². The molecule has 0 bridgehead atoms. The van der Waals surface area contributed by atoms with Crippen molar-refractivity contribution in [3.63, 3.8) is 0 Å². The predicted molar refractivity (Wildman–Crippen MR) is 285 cm³/mol. The molecule has 4 N–H and O–H groups in total. The number of carbonyl (C=O) groups is 2. The predicted octanol–water partition coefficient (Wildman–Crippen LogP) is 9.94. The van der Waals surface area contributed by atoms with E-state index >= 15 is 0 Å². The van der Waals surface area contributed by atoms with Crippen molar-refractivity contribution in [3.05, 3.63) is 158 Å². The number of likely N-dealkylation sites (tertiary alicyclic amines) is 1. The number of halogens is 2. The van der Waals surface area contributed by atoms with Crippen molar-refractivity contribution in [1.29, 1.82) is 0 Å². The fourth-order valence-electron chi connectivity index (χ4n) is 7.57. The van der Waals surface area contributed by atoms with Gasteiger partial charge in [-0.3, -0.25) is 9.59 Å². The Labute approximate surface area is 427 Å². The lowest BCUT2D eigenvalue weighted by atomic mass is 9.98. The van der Waals surface area contributed by atoms with E-state index in [1.807, 2.05) is 72.8 Å². The lowest BCUT2D eigenvalue weighted by molar-refractivity contribution is -0.126. The van der Waals surface area contributed by atoms with Crippen molar-refractivity contribution in [2.75, 3.05) is 88.3 Å². The summed E-state index contributed by atoms with van der Waals surface area (Å²) in [5.41, 5.74) is 4.67. The van der Waals surface area contributed by atoms with Crippen LogP contribution >= 0.6 is 0 Å². The van der Waals surface area contributed by atoms with Gasteiger partial charge in [0.05, 0.1) is 19.0 Å². The van der Waals surface area contributed by atoms with Gasteiger partial charge in [0.1, 0.15) is 18.1 Å². The van der Waals surface area contributed by atoms with E-state index in [-0.39, 0.29) is 35.3 Å². The topological polar surface area (TPSA) is 165 Å². The molecule has 73 heavy (non-hydrogen) atoms. The van der Waals surface area contributed by atoms with Crippen molar-refractivity contribution in [3.8, 4) is 11.5 Å². The highest BCUT2D eigenvalue weighted by molar-refractivity contribution is 5.87. The second-order valence-corrected chi connectivity index (χ2v) is 17.5. The number of ether oxygens (including phenoxy) is 2. The summed E-state index contributed by atoms with van der Waals surface area (Å²) in [6.07, 6.45) is 7.08. The molecule has 0 saturated carbocycles. The molecule has 18 heteroatoms. The molecule has 4 aromatic carbocycles. The summed E-state index contributed by atoms with van der Waals surface area (Å²) >= 11 is 0. The molecule has 6 aromatic rings. The number of nitrogens with one attached hydrogen (secondary N) is 4. The quantitative estimate of drug-likeness (QED) is 0.0448. The Bertz CT molecular complexity index is 2740. The molecule has 1 saturated heterocycles. The van der Waals surface area contributed by atoms with Crippen LogP contribution in [-0.2, 0) is 22.7 Å². The van der Waals surface area contributed by atoms with Crippen LogP contribution in [0.25, 0.3) is 0 Å². The van der Waals surface area contributed by atoms with Crippen LogP contribution in [0.2, 0.25) is 0 Å². The van der Waals surface area contributed by atoms with Crippen LogP contribution in [0.15, 0.2) is 135 Å². The summed E-state index contributed by atoms with van der Waals surface area (Å²) in [6, 6.07) is 29.8. The number of carbonyl (C=O) groups excluding carboxylic acids is 2. The van der Waals surface area contributed by atoms with Crippen LogP contribution in [0.1, 0.15) is 37.8 Å². The van der Waals surface area contributed by atoms with Gasteiger partial charge in [-0.15, -0.1) is 0 Å². The van der Waals surface area contributed by atoms with Gasteiger partial charge in [0.2, 0.25) is 23.7 Å². The first-order chi connectivity index (χ1) is 35.3. The van der Waals surface area contributed by atoms with Crippen molar-refractivity contribution < 1.29 is 27.8 Å². The Morgan fingerprint density at radius 3 is 1.56 bits per heavy atom. The van der Waals surface area contributed by atoms with Gasteiger partial charge in [0, 0.05) is 68.6 Å². The first-order valence-electron chi connectivity index (χ1n) is 24.2. The number of aromatic nitrogens is 4. The van der Waals surface area contributed by atoms with Gasteiger partial charge in [-0.2, -0.15) is 9.97 Å². The van der Waals surface area contributed by atoms with Gasteiger partial charge >= 0.3 is 0 Å². The molecule has 0 unspecified atom stereocenters. The lowest BCUT2D eigenvalue weighted by Gasteiger charge is -2.28. The molecule has 7 rings (SSSR count). The number of hydrogen-bond acceptors (Lipinski definition) is 14. The van der Waals surface area contributed by atoms with E-state index in [1.54, 1.807) is 48.2 Å². The molecule has 16 nitrogen and oxygen atoms in total. The molecule has 1 aliphatic heterocycles. The van der Waals surface area contributed by atoms with Gasteiger partial charge < -0.3 is 50.3 Å². The number of hydrogen-bond donors (Lipinski definition) is 4. The average Bonchev–Trinajstić information content (AvgIpc) is 3.40. The smallest absolute Gasteiger partial charge is 0.245 e. The fourth-order valence-corrected chi connectivity index (χ4v) is 7.57. The van der Waals surface area contributed by atoms with Crippen molar-refractivity contribution in [2.45, 2.75) is 39.8 Å². The average molecular weight is 997 g/mol.